The fraction of sp³-hybridized carbons (Fsp3) is 0.790. The molecule has 0 aliphatic carbocycles. The summed E-state index contributed by atoms with van der Waals surface area (Å²) in [5.41, 5.74) is 0.0314. The molecule has 0 saturated carbocycles. The standard InChI is InChI=1S/C62H97N5O31/c1-7-8-9-10-11-12-13-14-15-19-87-32-18-16-17-31(20-32)56(85)67-39-45(78)44(77)33(21-68)91-58(39)95-52-34(22-69)92-59(40(47(52)80)64-28(4)73)96-53-35(23-70)93-60(41(48(53)81)65-29(5)74)97-54-36(24-71)94-61(42(49(54)82)66-30(6)75)98-55-37(90-57(86)38(46(55)79)63-27(3)72)25-88-62-51(84)50(83)43(76)26(2)89-62/h16-18,20,26,33-55,57-62,68-71,76-84,86H,7-11,14-15,19,21-25H2,1-6H3,(H,63,72)(H,64,73)(H,65,74)(H,66,75)(H,67,85)/t26?,33?,34-,35?,36-,37?,38-,39-,40?,41-,42?,43?,44+,45+,46+,47?,48+,49?,50-,51+,52+,53?,54+,55?,57+,58?,59?,60-,61?,62+/m0/s1. The molecule has 0 radical (unpaired) electrons. The van der Waals surface area contributed by atoms with Gasteiger partial charge in [0.1, 0.15) is 146 Å². The number of hydrogen-bond donors (Lipinski definition) is 19. The van der Waals surface area contributed by atoms with Crippen LogP contribution in [0.25, 0.3) is 0 Å². The van der Waals surface area contributed by atoms with Crippen molar-refractivity contribution in [1.29, 1.82) is 0 Å². The molecule has 6 saturated heterocycles. The molecule has 0 bridgehead atoms. The predicted octanol–water partition coefficient (Wildman–Crippen LogP) is -7.93. The Morgan fingerprint density at radius 1 is 0.449 bits per heavy atom. The highest BCUT2D eigenvalue weighted by molar-refractivity contribution is 5.94. The van der Waals surface area contributed by atoms with E-state index >= 15 is 0 Å². The summed E-state index contributed by atoms with van der Waals surface area (Å²) < 4.78 is 71.9. The van der Waals surface area contributed by atoms with E-state index in [1.54, 1.807) is 12.1 Å². The van der Waals surface area contributed by atoms with E-state index in [0.717, 1.165) is 59.8 Å². The Balaban J connectivity index is 1.07. The van der Waals surface area contributed by atoms with Crippen LogP contribution in [0.2, 0.25) is 0 Å². The minimum atomic E-state index is -2.08. The van der Waals surface area contributed by atoms with Gasteiger partial charge in [0, 0.05) is 46.1 Å². The second-order valence-electron chi connectivity index (χ2n) is 24.9. The fourth-order valence-corrected chi connectivity index (χ4v) is 12.3. The third kappa shape index (κ3) is 20.4. The summed E-state index contributed by atoms with van der Waals surface area (Å²) in [6, 6.07) is -2.60. The van der Waals surface area contributed by atoms with Gasteiger partial charge in [-0.25, -0.2) is 0 Å². The van der Waals surface area contributed by atoms with Crippen LogP contribution in [0.5, 0.6) is 5.75 Å². The van der Waals surface area contributed by atoms with Crippen LogP contribution in [0.15, 0.2) is 24.3 Å². The van der Waals surface area contributed by atoms with Gasteiger partial charge in [0.05, 0.1) is 45.7 Å². The summed E-state index contributed by atoms with van der Waals surface area (Å²) in [7, 11) is 0. The molecule has 6 aliphatic heterocycles. The Labute approximate surface area is 564 Å². The normalized spacial score (nSPS) is 39.6. The number of carbonyl (C=O) groups excluding carboxylic acids is 5. The molecule has 36 heteroatoms. The molecule has 556 valence electrons. The lowest BCUT2D eigenvalue weighted by Gasteiger charge is -2.51. The van der Waals surface area contributed by atoms with Crippen LogP contribution in [0, 0.1) is 11.8 Å². The van der Waals surface area contributed by atoms with Gasteiger partial charge < -0.3 is 155 Å². The minimum absolute atomic E-state index is 0.0314. The summed E-state index contributed by atoms with van der Waals surface area (Å²) >= 11 is 0. The lowest BCUT2D eigenvalue weighted by Crippen LogP contribution is -2.72. The van der Waals surface area contributed by atoms with Crippen molar-refractivity contribution in [3.63, 3.8) is 0 Å². The predicted molar refractivity (Wildman–Crippen MR) is 327 cm³/mol. The zero-order valence-corrected chi connectivity index (χ0v) is 55.0. The average Bonchev–Trinajstić information content (AvgIpc) is 0.772. The molecule has 6 heterocycles. The Morgan fingerprint density at radius 3 is 1.34 bits per heavy atom. The maximum atomic E-state index is 13.9. The summed E-state index contributed by atoms with van der Waals surface area (Å²) in [4.78, 5) is 65.0. The van der Waals surface area contributed by atoms with Gasteiger partial charge in [0.25, 0.3) is 5.91 Å². The van der Waals surface area contributed by atoms with Crippen molar-refractivity contribution < 1.29 is 152 Å². The third-order valence-electron chi connectivity index (χ3n) is 17.4. The largest absolute Gasteiger partial charge is 0.494 e. The van der Waals surface area contributed by atoms with E-state index in [-0.39, 0.29) is 12.2 Å². The molecule has 14 unspecified atom stereocenters. The van der Waals surface area contributed by atoms with Crippen molar-refractivity contribution in [2.75, 3.05) is 39.6 Å². The maximum absolute atomic E-state index is 13.9. The molecule has 36 nitrogen and oxygen atoms in total. The molecule has 30 atom stereocenters. The third-order valence-corrected chi connectivity index (χ3v) is 17.4. The molecule has 0 spiro atoms. The van der Waals surface area contributed by atoms with E-state index in [0.29, 0.717) is 18.6 Å². The number of aliphatic hydroxyl groups excluding tert-OH is 14. The molecule has 0 aromatic heterocycles. The maximum Gasteiger partial charge on any atom is 0.251 e. The highest BCUT2D eigenvalue weighted by Crippen LogP contribution is 2.37. The number of rotatable bonds is 29. The van der Waals surface area contributed by atoms with E-state index in [1.807, 2.05) is 0 Å². The smallest absolute Gasteiger partial charge is 0.251 e. The highest BCUT2D eigenvalue weighted by atomic mass is 16.8. The molecule has 98 heavy (non-hydrogen) atoms. The topological polar surface area (TPSA) is 539 Å². The first-order valence-corrected chi connectivity index (χ1v) is 32.6. The first-order valence-electron chi connectivity index (χ1n) is 32.6. The second kappa shape index (κ2) is 37.7. The van der Waals surface area contributed by atoms with E-state index in [9.17, 15) is 95.5 Å². The lowest BCUT2D eigenvalue weighted by atomic mass is 9.93. The van der Waals surface area contributed by atoms with E-state index < -0.39 is 246 Å². The van der Waals surface area contributed by atoms with Gasteiger partial charge in [-0.1, -0.05) is 32.3 Å². The van der Waals surface area contributed by atoms with E-state index in [4.69, 9.17) is 56.8 Å². The van der Waals surface area contributed by atoms with Gasteiger partial charge in [-0.2, -0.15) is 0 Å². The zero-order valence-electron chi connectivity index (χ0n) is 55.0. The Morgan fingerprint density at radius 2 is 0.878 bits per heavy atom. The fourth-order valence-electron chi connectivity index (χ4n) is 12.3. The number of ether oxygens (including phenoxy) is 12. The number of amides is 5. The zero-order chi connectivity index (χ0) is 71.8. The number of hydrogen-bond acceptors (Lipinski definition) is 31. The molecule has 7 rings (SSSR count). The monoisotopic (exact) mass is 1410 g/mol. The number of unbranched alkanes of at least 4 members (excludes halogenated alkanes) is 5. The molecular weight excluding hydrogens is 1310 g/mol. The summed E-state index contributed by atoms with van der Waals surface area (Å²) in [5.74, 6) is 2.53. The molecule has 19 N–H and O–H groups in total. The summed E-state index contributed by atoms with van der Waals surface area (Å²) in [6.07, 6.45) is -38.5. The van der Waals surface area contributed by atoms with Crippen LogP contribution in [-0.2, 0) is 71.3 Å². The second-order valence-corrected chi connectivity index (χ2v) is 24.9. The van der Waals surface area contributed by atoms with Gasteiger partial charge in [-0.3, -0.25) is 24.0 Å². The number of benzene rings is 1. The number of aliphatic hydroxyl groups is 14. The van der Waals surface area contributed by atoms with E-state index in [2.05, 4.69) is 45.3 Å². The van der Waals surface area contributed by atoms with Gasteiger partial charge >= 0.3 is 0 Å². The Hall–Kier alpha value is -5.07. The van der Waals surface area contributed by atoms with Crippen molar-refractivity contribution in [3.8, 4) is 17.6 Å². The molecule has 6 aliphatic rings. The van der Waals surface area contributed by atoms with E-state index in [1.165, 1.54) is 19.1 Å². The van der Waals surface area contributed by atoms with Crippen molar-refractivity contribution in [2.45, 2.75) is 270 Å². The van der Waals surface area contributed by atoms with Crippen molar-refractivity contribution >= 4 is 29.5 Å². The van der Waals surface area contributed by atoms with Crippen molar-refractivity contribution in [2.24, 2.45) is 0 Å². The highest BCUT2D eigenvalue weighted by Gasteiger charge is 2.58. The van der Waals surface area contributed by atoms with Crippen molar-refractivity contribution in [3.05, 3.63) is 29.8 Å². The Kier molecular flexibility index (Phi) is 30.9. The average molecular weight is 1410 g/mol. The Bertz CT molecular complexity index is 2770. The number of carbonyl (C=O) groups is 5. The SMILES string of the molecule is CCCCCCC#CCCCOc1cccc(C(=O)N[C@@H]2C(O[C@H]3C(O)C(NC(C)=O)C(OC4C(CO)O[C@@H](O[C@H]5C(O)C(NC(C)=O)C(OC6C(CO[C@@H]7OC(C)C(O)[C@H](O)[C@H]7O)O[C@@H](O)[C@@H](NC(C)=O)[C@H]6O)O[C@H]5CO)[C@@H](NC(C)=O)[C@H]4O)O[C@H]3CO)OC(CO)[C@@H](O)[C@@H]2O)c1. The lowest BCUT2D eigenvalue weighted by molar-refractivity contribution is -0.368. The van der Waals surface area contributed by atoms with Gasteiger partial charge in [-0.05, 0) is 38.0 Å². The number of nitrogens with one attached hydrogen (secondary N) is 5. The molecule has 5 amide bonds. The van der Waals surface area contributed by atoms with Crippen molar-refractivity contribution in [1.82, 2.24) is 26.6 Å². The minimum Gasteiger partial charge on any atom is -0.494 e. The first-order chi connectivity index (χ1) is 46.7. The first kappa shape index (κ1) is 80.2. The quantitative estimate of drug-likeness (QED) is 0.0262. The molecule has 6 fully saturated rings. The summed E-state index contributed by atoms with van der Waals surface area (Å²) in [6.45, 7) is 3.20. The molecule has 1 aromatic rings. The van der Waals surface area contributed by atoms with Crippen LogP contribution in [0.3, 0.4) is 0 Å². The molecular formula is C62H97N5O31. The van der Waals surface area contributed by atoms with Crippen LogP contribution < -0.4 is 31.3 Å². The molecule has 1 aromatic carbocycles. The van der Waals surface area contributed by atoms with Crippen LogP contribution >= 0.6 is 0 Å². The van der Waals surface area contributed by atoms with Crippen LogP contribution in [-0.4, -0.2) is 325 Å². The van der Waals surface area contributed by atoms with Gasteiger partial charge in [0.2, 0.25) is 23.6 Å². The van der Waals surface area contributed by atoms with Crippen LogP contribution in [0.1, 0.15) is 96.8 Å². The van der Waals surface area contributed by atoms with Gasteiger partial charge in [0.15, 0.2) is 37.7 Å². The summed E-state index contributed by atoms with van der Waals surface area (Å²) in [5, 5.41) is 168. The van der Waals surface area contributed by atoms with Crippen LogP contribution in [0.4, 0.5) is 0 Å². The van der Waals surface area contributed by atoms with Gasteiger partial charge in [-0.15, -0.1) is 11.8 Å².